The molecule has 3 aliphatic carbocycles. The van der Waals surface area contributed by atoms with Crippen molar-refractivity contribution in [2.24, 2.45) is 5.92 Å². The summed E-state index contributed by atoms with van der Waals surface area (Å²) >= 11 is 0. The van der Waals surface area contributed by atoms with Crippen LogP contribution in [-0.2, 0) is 5.41 Å². The number of hydrogen-bond donors (Lipinski definition) is 0. The molecule has 0 radical (unpaired) electrons. The van der Waals surface area contributed by atoms with Gasteiger partial charge in [-0.1, -0.05) is 140 Å². The van der Waals surface area contributed by atoms with E-state index in [0.29, 0.717) is 5.92 Å². The smallest absolute Gasteiger partial charge is 0.132 e. The van der Waals surface area contributed by atoms with Gasteiger partial charge >= 0.3 is 0 Å². The van der Waals surface area contributed by atoms with E-state index < -0.39 is 5.41 Å². The van der Waals surface area contributed by atoms with Crippen LogP contribution in [0, 0.1) is 5.92 Å². The maximum absolute atomic E-state index is 6.72. The third kappa shape index (κ3) is 4.07. The largest absolute Gasteiger partial charge is 0.457 e. The first kappa shape index (κ1) is 29.6. The lowest BCUT2D eigenvalue weighted by Gasteiger charge is -2.40. The van der Waals surface area contributed by atoms with Gasteiger partial charge in [0.05, 0.1) is 16.4 Å². The second kappa shape index (κ2) is 11.2. The first-order valence-electron chi connectivity index (χ1n) is 18.6. The SMILES string of the molecule is CC1CC=CC=C1n1c2ccccc2c2ccc(C3=CC=CC(c4ccc5c(c4)C4(c6ccccc6O5)c5ccccc5-c5ccccc54)C3)cc21. The second-order valence-electron chi connectivity index (χ2n) is 14.8. The lowest BCUT2D eigenvalue weighted by Crippen LogP contribution is -2.32. The molecular weight excluding hydrogens is 631 g/mol. The Balaban J connectivity index is 1.03. The molecule has 0 fully saturated rings. The molecule has 0 bridgehead atoms. The molecule has 7 aromatic rings. The van der Waals surface area contributed by atoms with Crippen molar-refractivity contribution in [1.82, 2.24) is 4.57 Å². The van der Waals surface area contributed by atoms with Crippen molar-refractivity contribution in [3.8, 4) is 22.6 Å². The van der Waals surface area contributed by atoms with E-state index >= 15 is 0 Å². The number of nitrogens with zero attached hydrogens (tertiary/aromatic N) is 1. The molecule has 0 N–H and O–H groups in total. The average Bonchev–Trinajstić information content (AvgIpc) is 3.69. The molecule has 2 atom stereocenters. The van der Waals surface area contributed by atoms with Crippen molar-refractivity contribution in [3.05, 3.63) is 203 Å². The third-order valence-electron chi connectivity index (χ3n) is 12.1. The first-order chi connectivity index (χ1) is 25.7. The predicted molar refractivity (Wildman–Crippen MR) is 215 cm³/mol. The van der Waals surface area contributed by atoms with Crippen LogP contribution in [0.15, 0.2) is 170 Å². The fourth-order valence-electron chi connectivity index (χ4n) is 9.70. The summed E-state index contributed by atoms with van der Waals surface area (Å²) in [5.74, 6) is 2.55. The van der Waals surface area contributed by atoms with Crippen LogP contribution in [0.3, 0.4) is 0 Å². The Morgan fingerprint density at radius 3 is 2.15 bits per heavy atom. The quantitative estimate of drug-likeness (QED) is 0.183. The lowest BCUT2D eigenvalue weighted by molar-refractivity contribution is 0.436. The number of allylic oxidation sites excluding steroid dienone is 8. The van der Waals surface area contributed by atoms with Gasteiger partial charge < -0.3 is 9.30 Å². The van der Waals surface area contributed by atoms with E-state index in [1.807, 2.05) is 0 Å². The molecule has 11 rings (SSSR count). The highest BCUT2D eigenvalue weighted by atomic mass is 16.5. The summed E-state index contributed by atoms with van der Waals surface area (Å²) in [6, 6.07) is 49.5. The Labute approximate surface area is 304 Å². The second-order valence-corrected chi connectivity index (χ2v) is 14.8. The Morgan fingerprint density at radius 1 is 0.615 bits per heavy atom. The van der Waals surface area contributed by atoms with Crippen LogP contribution in [0.1, 0.15) is 59.1 Å². The summed E-state index contributed by atoms with van der Waals surface area (Å²) in [7, 11) is 0. The predicted octanol–water partition coefficient (Wildman–Crippen LogP) is 12.8. The monoisotopic (exact) mass is 667 g/mol. The van der Waals surface area contributed by atoms with Crippen LogP contribution in [0.2, 0.25) is 0 Å². The fourth-order valence-corrected chi connectivity index (χ4v) is 9.70. The maximum Gasteiger partial charge on any atom is 0.132 e. The molecule has 248 valence electrons. The Hall–Kier alpha value is -6.12. The summed E-state index contributed by atoms with van der Waals surface area (Å²) in [4.78, 5) is 0. The fraction of sp³-hybridized carbons (Fsp3) is 0.120. The van der Waals surface area contributed by atoms with Gasteiger partial charge in [0.15, 0.2) is 0 Å². The minimum Gasteiger partial charge on any atom is -0.457 e. The maximum atomic E-state index is 6.72. The van der Waals surface area contributed by atoms with Crippen LogP contribution >= 0.6 is 0 Å². The van der Waals surface area contributed by atoms with Gasteiger partial charge in [0.25, 0.3) is 0 Å². The molecule has 0 saturated carbocycles. The van der Waals surface area contributed by atoms with E-state index in [1.165, 1.54) is 77.6 Å². The summed E-state index contributed by atoms with van der Waals surface area (Å²) < 4.78 is 9.23. The number of benzene rings is 6. The van der Waals surface area contributed by atoms with Crippen molar-refractivity contribution >= 4 is 33.1 Å². The summed E-state index contributed by atoms with van der Waals surface area (Å²) in [5.41, 5.74) is 15.1. The summed E-state index contributed by atoms with van der Waals surface area (Å²) in [6.45, 7) is 2.34. The summed E-state index contributed by atoms with van der Waals surface area (Å²) in [6.07, 6.45) is 15.8. The highest BCUT2D eigenvalue weighted by molar-refractivity contribution is 6.10. The van der Waals surface area contributed by atoms with Gasteiger partial charge in [-0.3, -0.25) is 0 Å². The molecule has 2 nitrogen and oxygen atoms in total. The van der Waals surface area contributed by atoms with Crippen molar-refractivity contribution in [1.29, 1.82) is 0 Å². The van der Waals surface area contributed by atoms with Gasteiger partial charge in [0.2, 0.25) is 0 Å². The molecular formula is C50H37NO. The molecule has 6 aromatic carbocycles. The van der Waals surface area contributed by atoms with E-state index in [-0.39, 0.29) is 5.92 Å². The zero-order chi connectivity index (χ0) is 34.4. The molecule has 4 aliphatic rings. The van der Waals surface area contributed by atoms with Crippen LogP contribution in [-0.4, -0.2) is 4.57 Å². The number of hydrogen-bond acceptors (Lipinski definition) is 1. The number of rotatable bonds is 3. The topological polar surface area (TPSA) is 14.2 Å². The van der Waals surface area contributed by atoms with Gasteiger partial charge in [-0.2, -0.15) is 0 Å². The van der Waals surface area contributed by atoms with E-state index in [0.717, 1.165) is 24.3 Å². The number of fused-ring (bicyclic) bond motifs is 12. The number of aromatic nitrogens is 1. The van der Waals surface area contributed by atoms with E-state index in [2.05, 4.69) is 181 Å². The third-order valence-corrected chi connectivity index (χ3v) is 12.1. The Kier molecular flexibility index (Phi) is 6.37. The minimum atomic E-state index is -0.455. The zero-order valence-electron chi connectivity index (χ0n) is 29.1. The van der Waals surface area contributed by atoms with Crippen LogP contribution < -0.4 is 4.74 Å². The molecule has 2 heteroatoms. The van der Waals surface area contributed by atoms with Crippen molar-refractivity contribution in [3.63, 3.8) is 0 Å². The van der Waals surface area contributed by atoms with Crippen molar-refractivity contribution < 1.29 is 4.74 Å². The Morgan fingerprint density at radius 2 is 1.33 bits per heavy atom. The first-order valence-corrected chi connectivity index (χ1v) is 18.6. The minimum absolute atomic E-state index is 0.235. The van der Waals surface area contributed by atoms with Gasteiger partial charge in [-0.25, -0.2) is 0 Å². The van der Waals surface area contributed by atoms with Crippen molar-refractivity contribution in [2.75, 3.05) is 0 Å². The van der Waals surface area contributed by atoms with Gasteiger partial charge in [0, 0.05) is 39.4 Å². The number of para-hydroxylation sites is 2. The number of ether oxygens (including phenoxy) is 1. The lowest BCUT2D eigenvalue weighted by atomic mass is 9.65. The van der Waals surface area contributed by atoms with Gasteiger partial charge in [-0.15, -0.1) is 0 Å². The van der Waals surface area contributed by atoms with E-state index in [9.17, 15) is 0 Å². The summed E-state index contributed by atoms with van der Waals surface area (Å²) in [5, 5.41) is 2.62. The highest BCUT2D eigenvalue weighted by Crippen LogP contribution is 2.62. The molecule has 2 heterocycles. The highest BCUT2D eigenvalue weighted by Gasteiger charge is 2.51. The van der Waals surface area contributed by atoms with Crippen LogP contribution in [0.5, 0.6) is 11.5 Å². The van der Waals surface area contributed by atoms with Gasteiger partial charge in [0.1, 0.15) is 11.5 Å². The van der Waals surface area contributed by atoms with Crippen LogP contribution in [0.25, 0.3) is 44.2 Å². The molecule has 1 aliphatic heterocycles. The van der Waals surface area contributed by atoms with E-state index in [1.54, 1.807) is 0 Å². The molecule has 52 heavy (non-hydrogen) atoms. The molecule has 0 saturated heterocycles. The van der Waals surface area contributed by atoms with E-state index in [4.69, 9.17) is 4.74 Å². The molecule has 1 aromatic heterocycles. The molecule has 1 spiro atoms. The molecule has 0 amide bonds. The van der Waals surface area contributed by atoms with Crippen molar-refractivity contribution in [2.45, 2.75) is 31.1 Å². The average molecular weight is 668 g/mol. The standard InChI is InChI=1S/C50H37NO/c1-32-13-2-9-22-45(32)51-46-23-10-5-18-39(46)40-27-25-36(31-47(40)51)34-15-12-14-33(29-34)35-26-28-49-44(30-35)50(43-21-8-11-24-48(43)52-49)41-19-6-3-16-37(41)38-17-4-7-20-42(38)50/h2-12,14-28,30-33H,13,29H2,1H3. The van der Waals surface area contributed by atoms with Crippen LogP contribution in [0.4, 0.5) is 0 Å². The van der Waals surface area contributed by atoms with Gasteiger partial charge in [-0.05, 0) is 88.2 Å². The zero-order valence-corrected chi connectivity index (χ0v) is 29.1. The molecule has 2 unspecified atom stereocenters. The Bertz CT molecular complexity index is 2700. The normalized spacial score (nSPS) is 19.1.